The molecule has 1 unspecified atom stereocenters. The minimum atomic E-state index is -1.25. The quantitative estimate of drug-likeness (QED) is 0.225. The monoisotopic (exact) mass is 607 g/mol. The minimum Gasteiger partial charge on any atom is -0.478 e. The first-order valence-electron chi connectivity index (χ1n) is 13.4. The molecule has 6 rings (SSSR count). The van der Waals surface area contributed by atoms with Crippen LogP contribution in [0.2, 0.25) is 0 Å². The summed E-state index contributed by atoms with van der Waals surface area (Å²) in [5.41, 5.74) is 1.23. The molecule has 0 bridgehead atoms. The van der Waals surface area contributed by atoms with Crippen LogP contribution in [0.1, 0.15) is 46.6 Å². The number of halogens is 2. The van der Waals surface area contributed by atoms with Crippen LogP contribution < -0.4 is 9.47 Å². The predicted molar refractivity (Wildman–Crippen MR) is 154 cm³/mol. The summed E-state index contributed by atoms with van der Waals surface area (Å²) in [7, 11) is 1.51. The second kappa shape index (κ2) is 11.3. The fourth-order valence-corrected chi connectivity index (χ4v) is 5.73. The summed E-state index contributed by atoms with van der Waals surface area (Å²) >= 11 is 1.26. The molecule has 0 radical (unpaired) electrons. The van der Waals surface area contributed by atoms with E-state index in [4.69, 9.17) is 14.2 Å². The van der Waals surface area contributed by atoms with E-state index in [0.29, 0.717) is 57.5 Å². The number of nitrogens with zero attached hydrogens (tertiary/aromatic N) is 5. The van der Waals surface area contributed by atoms with Gasteiger partial charge in [-0.2, -0.15) is 0 Å². The maximum atomic E-state index is 15.6. The minimum absolute atomic E-state index is 0.0349. The normalized spacial score (nSPS) is 16.1. The smallest absolute Gasteiger partial charge is 0.335 e. The first-order chi connectivity index (χ1) is 20.6. The molecule has 0 amide bonds. The number of hydrogen-bond acceptors (Lipinski definition) is 9. The molecule has 3 aromatic heterocycles. The van der Waals surface area contributed by atoms with Crippen LogP contribution in [0.5, 0.6) is 11.1 Å². The van der Waals surface area contributed by atoms with E-state index in [-0.39, 0.29) is 35.6 Å². The molecule has 43 heavy (non-hydrogen) atoms. The number of aromatic nitrogens is 5. The van der Waals surface area contributed by atoms with Crippen LogP contribution in [0.15, 0.2) is 48.5 Å². The van der Waals surface area contributed by atoms with E-state index in [1.807, 2.05) is 13.8 Å². The molecule has 5 aromatic rings. The Morgan fingerprint density at radius 2 is 1.98 bits per heavy atom. The van der Waals surface area contributed by atoms with Gasteiger partial charge in [0.15, 0.2) is 10.8 Å². The topological polar surface area (TPSA) is 121 Å². The second-order valence-electron chi connectivity index (χ2n) is 10.8. The third-order valence-electron chi connectivity index (χ3n) is 7.42. The van der Waals surface area contributed by atoms with Gasteiger partial charge in [-0.25, -0.2) is 23.5 Å². The highest BCUT2D eigenvalue weighted by atomic mass is 32.1. The van der Waals surface area contributed by atoms with Gasteiger partial charge in [0.2, 0.25) is 5.88 Å². The van der Waals surface area contributed by atoms with Crippen molar-refractivity contribution in [2.24, 2.45) is 5.41 Å². The molecule has 1 atom stereocenters. The molecule has 10 nitrogen and oxygen atoms in total. The highest BCUT2D eigenvalue weighted by molar-refractivity contribution is 7.13. The molecule has 1 N–H and O–H groups in total. The summed E-state index contributed by atoms with van der Waals surface area (Å²) in [6, 6.07) is 12.1. The van der Waals surface area contributed by atoms with Crippen molar-refractivity contribution in [1.82, 2.24) is 24.7 Å². The van der Waals surface area contributed by atoms with Crippen molar-refractivity contribution in [2.45, 2.75) is 32.9 Å². The predicted octanol–water partition coefficient (Wildman–Crippen LogP) is 5.70. The fourth-order valence-electron chi connectivity index (χ4n) is 5.17. The SMILES string of the molecule is COc1nnc(COc2cccc(-c3ccc(Cc4nc5c(F)cc(C(=O)O)cc5n4C4COCC4(C)C)c(F)c3)n2)s1. The lowest BCUT2D eigenvalue weighted by Crippen LogP contribution is -2.27. The van der Waals surface area contributed by atoms with E-state index in [1.54, 1.807) is 34.9 Å². The van der Waals surface area contributed by atoms with E-state index in [9.17, 15) is 9.90 Å². The van der Waals surface area contributed by atoms with Gasteiger partial charge in [0.1, 0.15) is 23.8 Å². The van der Waals surface area contributed by atoms with E-state index in [0.717, 1.165) is 6.07 Å². The lowest BCUT2D eigenvalue weighted by Gasteiger charge is -2.28. The molecule has 4 heterocycles. The van der Waals surface area contributed by atoms with Gasteiger partial charge in [-0.3, -0.25) is 0 Å². The number of fused-ring (bicyclic) bond motifs is 1. The Hall–Kier alpha value is -4.49. The summed E-state index contributed by atoms with van der Waals surface area (Å²) in [4.78, 5) is 20.7. The van der Waals surface area contributed by atoms with Crippen LogP contribution in [0.3, 0.4) is 0 Å². The maximum Gasteiger partial charge on any atom is 0.335 e. The zero-order valence-corrected chi connectivity index (χ0v) is 24.3. The maximum absolute atomic E-state index is 15.6. The fraction of sp³-hybridized carbons (Fsp3) is 0.300. The lowest BCUT2D eigenvalue weighted by molar-refractivity contribution is 0.0696. The van der Waals surface area contributed by atoms with E-state index in [2.05, 4.69) is 20.2 Å². The van der Waals surface area contributed by atoms with Gasteiger partial charge in [0, 0.05) is 23.5 Å². The number of methoxy groups -OCH3 is 1. The van der Waals surface area contributed by atoms with Crippen LogP contribution in [-0.4, -0.2) is 56.1 Å². The lowest BCUT2D eigenvalue weighted by atomic mass is 9.87. The zero-order chi connectivity index (χ0) is 30.3. The number of benzene rings is 2. The molecule has 1 fully saturated rings. The third kappa shape index (κ3) is 5.65. The molecule has 0 spiro atoms. The molecule has 222 valence electrons. The van der Waals surface area contributed by atoms with Crippen molar-refractivity contribution in [2.75, 3.05) is 20.3 Å². The first-order valence-corrected chi connectivity index (χ1v) is 14.2. The Balaban J connectivity index is 1.30. The number of carboxylic acids is 1. The Morgan fingerprint density at radius 3 is 2.67 bits per heavy atom. The van der Waals surface area contributed by atoms with E-state index < -0.39 is 17.6 Å². The summed E-state index contributed by atoms with van der Waals surface area (Å²) in [6.45, 7) is 4.99. The highest BCUT2D eigenvalue weighted by Crippen LogP contribution is 2.41. The van der Waals surface area contributed by atoms with Crippen molar-refractivity contribution >= 4 is 28.3 Å². The molecule has 1 aliphatic rings. The number of pyridine rings is 1. The largest absolute Gasteiger partial charge is 0.478 e. The third-order valence-corrected chi connectivity index (χ3v) is 8.28. The molecule has 0 saturated carbocycles. The molecule has 13 heteroatoms. The number of rotatable bonds is 9. The van der Waals surface area contributed by atoms with Crippen molar-refractivity contribution in [3.05, 3.63) is 82.1 Å². The standard InChI is InChI=1S/C30H27F2N5O5S/c1-30(2)15-41-13-23(30)37-22-11-18(28(38)39)10-20(32)27(22)34-24(37)12-16-7-8-17(9-19(16)31)21-5-4-6-25(33-21)42-14-26-35-36-29(40-3)43-26/h4-11,23H,12-15H2,1-3H3,(H,38,39). The van der Waals surface area contributed by atoms with Gasteiger partial charge in [0.25, 0.3) is 5.19 Å². The number of ether oxygens (including phenoxy) is 3. The zero-order valence-electron chi connectivity index (χ0n) is 23.5. The van der Waals surface area contributed by atoms with Gasteiger partial charge < -0.3 is 23.9 Å². The average Bonchev–Trinajstić information content (AvgIpc) is 3.69. The number of imidazole rings is 1. The number of carboxylic acid groups (broad SMARTS) is 1. The van der Waals surface area contributed by atoms with Crippen molar-refractivity contribution in [3.63, 3.8) is 0 Å². The van der Waals surface area contributed by atoms with Crippen LogP contribution in [0, 0.1) is 17.0 Å². The van der Waals surface area contributed by atoms with Crippen LogP contribution in [0.25, 0.3) is 22.3 Å². The number of aromatic carboxylic acids is 1. The number of carbonyl (C=O) groups is 1. The summed E-state index contributed by atoms with van der Waals surface area (Å²) in [5.74, 6) is -1.73. The van der Waals surface area contributed by atoms with Crippen molar-refractivity contribution in [3.8, 4) is 22.3 Å². The Labute approximate surface area is 248 Å². The van der Waals surface area contributed by atoms with Crippen molar-refractivity contribution in [1.29, 1.82) is 0 Å². The molecule has 1 saturated heterocycles. The van der Waals surface area contributed by atoms with Gasteiger partial charge in [0.05, 0.1) is 43.1 Å². The van der Waals surface area contributed by atoms with E-state index in [1.165, 1.54) is 30.6 Å². The molecule has 1 aliphatic heterocycles. The van der Waals surface area contributed by atoms with Crippen LogP contribution in [0.4, 0.5) is 8.78 Å². The second-order valence-corrected chi connectivity index (χ2v) is 11.9. The van der Waals surface area contributed by atoms with E-state index >= 15 is 8.78 Å². The van der Waals surface area contributed by atoms with Gasteiger partial charge >= 0.3 is 5.97 Å². The summed E-state index contributed by atoms with van der Waals surface area (Å²) < 4.78 is 49.0. The Bertz CT molecular complexity index is 1840. The average molecular weight is 608 g/mol. The summed E-state index contributed by atoms with van der Waals surface area (Å²) in [5, 5.41) is 18.5. The summed E-state index contributed by atoms with van der Waals surface area (Å²) in [6.07, 6.45) is 0.0527. The molecule has 2 aromatic carbocycles. The molecule has 0 aliphatic carbocycles. The Kier molecular flexibility index (Phi) is 7.52. The first kappa shape index (κ1) is 28.6. The molecular formula is C30H27F2N5O5S. The number of hydrogen-bond donors (Lipinski definition) is 1. The molecular weight excluding hydrogens is 580 g/mol. The Morgan fingerprint density at radius 1 is 1.14 bits per heavy atom. The van der Waals surface area contributed by atoms with Crippen molar-refractivity contribution < 1.29 is 32.9 Å². The highest BCUT2D eigenvalue weighted by Gasteiger charge is 2.39. The van der Waals surface area contributed by atoms with Crippen LogP contribution >= 0.6 is 11.3 Å². The van der Waals surface area contributed by atoms with Gasteiger partial charge in [-0.05, 0) is 29.8 Å². The van der Waals surface area contributed by atoms with Crippen LogP contribution in [-0.2, 0) is 17.8 Å². The van der Waals surface area contributed by atoms with Gasteiger partial charge in [-0.15, -0.1) is 5.10 Å². The van der Waals surface area contributed by atoms with Gasteiger partial charge in [-0.1, -0.05) is 48.5 Å².